The number of pyridine rings is 1. The maximum absolute atomic E-state index is 5.34. The van der Waals surface area contributed by atoms with E-state index in [1.54, 1.807) is 0 Å². The van der Waals surface area contributed by atoms with Crippen molar-refractivity contribution in [2.24, 2.45) is 16.7 Å². The Morgan fingerprint density at radius 1 is 0.972 bits per heavy atom. The first-order valence-corrected chi connectivity index (χ1v) is 13.4. The normalized spacial score (nSPS) is 22.6. The van der Waals surface area contributed by atoms with Gasteiger partial charge >= 0.3 is 0 Å². The van der Waals surface area contributed by atoms with Crippen LogP contribution in [0.5, 0.6) is 0 Å². The van der Waals surface area contributed by atoms with Crippen molar-refractivity contribution >= 4 is 22.3 Å². The predicted octanol–water partition coefficient (Wildman–Crippen LogP) is 7.92. The molecule has 3 aromatic heterocycles. The zero-order chi connectivity index (χ0) is 24.7. The summed E-state index contributed by atoms with van der Waals surface area (Å²) in [7, 11) is 0. The van der Waals surface area contributed by atoms with E-state index < -0.39 is 0 Å². The maximum Gasteiger partial charge on any atom is 0.165 e. The molecule has 0 radical (unpaired) electrons. The molecule has 1 aromatic carbocycles. The molecule has 1 atom stereocenters. The van der Waals surface area contributed by atoms with Crippen LogP contribution in [0, 0.1) is 23.7 Å². The highest BCUT2D eigenvalue weighted by Gasteiger charge is 2.49. The number of benzene rings is 1. The van der Waals surface area contributed by atoms with Crippen molar-refractivity contribution in [1.29, 1.82) is 0 Å². The van der Waals surface area contributed by atoms with Crippen LogP contribution >= 0.6 is 0 Å². The number of allylic oxidation sites excluding steroid dienone is 4. The molecule has 4 nitrogen and oxygen atoms in total. The summed E-state index contributed by atoms with van der Waals surface area (Å²) in [5.74, 6) is 1.18. The first-order chi connectivity index (χ1) is 17.3. The van der Waals surface area contributed by atoms with Crippen molar-refractivity contribution in [3.8, 4) is 11.1 Å². The summed E-state index contributed by atoms with van der Waals surface area (Å²) in [4.78, 5) is 10.3. The lowest BCUT2D eigenvalue weighted by atomic mass is 9.50. The van der Waals surface area contributed by atoms with Gasteiger partial charge in [0.25, 0.3) is 0 Å². The van der Waals surface area contributed by atoms with Crippen molar-refractivity contribution < 1.29 is 0 Å². The van der Waals surface area contributed by atoms with E-state index in [1.165, 1.54) is 36.8 Å². The zero-order valence-electron chi connectivity index (χ0n) is 21.8. The lowest BCUT2D eigenvalue weighted by molar-refractivity contribution is -0.0305. The molecular formula is C32H34N4. The fourth-order valence-corrected chi connectivity index (χ4v) is 7.13. The van der Waals surface area contributed by atoms with Gasteiger partial charge in [-0.3, -0.25) is 0 Å². The second-order valence-corrected chi connectivity index (χ2v) is 12.5. The molecule has 3 heterocycles. The topological polar surface area (TPSA) is 43.1 Å². The highest BCUT2D eigenvalue weighted by molar-refractivity contribution is 5.92. The molecule has 0 aliphatic heterocycles. The minimum atomic E-state index is 0.407. The van der Waals surface area contributed by atoms with E-state index in [2.05, 4.69) is 88.4 Å². The molecule has 1 unspecified atom stereocenters. The van der Waals surface area contributed by atoms with Gasteiger partial charge in [0.15, 0.2) is 11.3 Å². The summed E-state index contributed by atoms with van der Waals surface area (Å²) < 4.78 is 1.97. The molecule has 7 rings (SSSR count). The maximum atomic E-state index is 5.34. The number of hydrogen-bond acceptors (Lipinski definition) is 3. The molecule has 4 aromatic rings. The summed E-state index contributed by atoms with van der Waals surface area (Å²) in [5, 5.41) is 6.03. The number of rotatable bonds is 4. The third-order valence-corrected chi connectivity index (χ3v) is 8.70. The Bertz CT molecular complexity index is 1560. The molecular weight excluding hydrogens is 440 g/mol. The Hall–Kier alpha value is -3.27. The minimum Gasteiger partial charge on any atom is -0.233 e. The highest BCUT2D eigenvalue weighted by Crippen LogP contribution is 2.59. The molecule has 0 saturated heterocycles. The van der Waals surface area contributed by atoms with E-state index in [0.717, 1.165) is 45.7 Å². The Morgan fingerprint density at radius 3 is 2.42 bits per heavy atom. The highest BCUT2D eigenvalue weighted by atomic mass is 15.3. The van der Waals surface area contributed by atoms with E-state index >= 15 is 0 Å². The number of hydrogen-bond donors (Lipinski definition) is 0. The van der Waals surface area contributed by atoms with Crippen molar-refractivity contribution in [2.75, 3.05) is 0 Å². The van der Waals surface area contributed by atoms with Crippen LogP contribution in [0.2, 0.25) is 0 Å². The van der Waals surface area contributed by atoms with Gasteiger partial charge in [-0.25, -0.2) is 9.97 Å². The Balaban J connectivity index is 1.37. The van der Waals surface area contributed by atoms with E-state index in [1.807, 2.05) is 4.52 Å². The van der Waals surface area contributed by atoms with Crippen LogP contribution in [-0.4, -0.2) is 19.6 Å². The van der Waals surface area contributed by atoms with E-state index in [4.69, 9.17) is 15.1 Å². The van der Waals surface area contributed by atoms with E-state index in [-0.39, 0.29) is 0 Å². The molecule has 3 aliphatic carbocycles. The second kappa shape index (κ2) is 7.61. The van der Waals surface area contributed by atoms with Crippen LogP contribution in [0.1, 0.15) is 75.9 Å². The first-order valence-electron chi connectivity index (χ1n) is 13.4. The largest absolute Gasteiger partial charge is 0.233 e. The Kier molecular flexibility index (Phi) is 4.65. The van der Waals surface area contributed by atoms with E-state index in [9.17, 15) is 0 Å². The van der Waals surface area contributed by atoms with Gasteiger partial charge in [-0.1, -0.05) is 69.3 Å². The van der Waals surface area contributed by atoms with Crippen molar-refractivity contribution in [2.45, 2.75) is 65.7 Å². The molecule has 3 aliphatic rings. The predicted molar refractivity (Wildman–Crippen MR) is 147 cm³/mol. The molecule has 0 amide bonds. The smallest absolute Gasteiger partial charge is 0.165 e. The van der Waals surface area contributed by atoms with Gasteiger partial charge in [0.1, 0.15) is 0 Å². The average molecular weight is 475 g/mol. The van der Waals surface area contributed by atoms with Gasteiger partial charge in [-0.15, -0.1) is 0 Å². The van der Waals surface area contributed by atoms with Gasteiger partial charge in [0.2, 0.25) is 0 Å². The number of fused-ring (bicyclic) bond motifs is 3. The Morgan fingerprint density at radius 2 is 1.75 bits per heavy atom. The standard InChI is InChI=1S/C32H34N4/c1-20-25-16-26(21-8-6-5-7-9-21)29(23-12-14-24(15-13-23)32(4)18-31(2,3)19-32)34-30(25)36-28(33-20)17-27(35-36)22-10-11-22/h5-9,12-14,16-17,22,24H,10-11,15,18-19H2,1-4H3. The SMILES string of the molecule is Cc1nc2cc(C3CC3)nn2c2nc(C3=CCC(C4(C)CC(C)(C)C4)C=C3)c(-c3ccccc3)cc12. The second-order valence-electron chi connectivity index (χ2n) is 12.5. The van der Waals surface area contributed by atoms with Gasteiger partial charge in [0, 0.05) is 22.9 Å². The summed E-state index contributed by atoms with van der Waals surface area (Å²) >= 11 is 0. The molecule has 4 heteroatoms. The van der Waals surface area contributed by atoms with Crippen LogP contribution in [0.15, 0.2) is 60.7 Å². The number of aromatic nitrogens is 4. The fraction of sp³-hybridized carbons (Fsp3) is 0.406. The van der Waals surface area contributed by atoms with Crippen molar-refractivity contribution in [3.63, 3.8) is 0 Å². The monoisotopic (exact) mass is 474 g/mol. The molecule has 182 valence electrons. The summed E-state index contributed by atoms with van der Waals surface area (Å²) in [6.07, 6.45) is 13.3. The fourth-order valence-electron chi connectivity index (χ4n) is 7.13. The number of nitrogens with zero attached hydrogens (tertiary/aromatic N) is 4. The van der Waals surface area contributed by atoms with Crippen molar-refractivity contribution in [3.05, 3.63) is 77.8 Å². The van der Waals surface area contributed by atoms with E-state index in [0.29, 0.717) is 22.7 Å². The third kappa shape index (κ3) is 3.53. The first kappa shape index (κ1) is 22.0. The Labute approximate surface area is 213 Å². The van der Waals surface area contributed by atoms with Gasteiger partial charge in [0.05, 0.1) is 17.1 Å². The van der Waals surface area contributed by atoms with Gasteiger partial charge in [-0.05, 0) is 73.0 Å². The summed E-state index contributed by atoms with van der Waals surface area (Å²) in [6, 6.07) is 15.1. The quantitative estimate of drug-likeness (QED) is 0.302. The average Bonchev–Trinajstić information content (AvgIpc) is 3.62. The van der Waals surface area contributed by atoms with Crippen LogP contribution in [-0.2, 0) is 0 Å². The van der Waals surface area contributed by atoms with Crippen molar-refractivity contribution in [1.82, 2.24) is 19.6 Å². The summed E-state index contributed by atoms with van der Waals surface area (Å²) in [5.41, 5.74) is 9.45. The summed E-state index contributed by atoms with van der Waals surface area (Å²) in [6.45, 7) is 9.36. The number of aryl methyl sites for hydroxylation is 1. The zero-order valence-corrected chi connectivity index (χ0v) is 21.8. The molecule has 2 fully saturated rings. The minimum absolute atomic E-state index is 0.407. The van der Waals surface area contributed by atoms with Gasteiger partial charge < -0.3 is 0 Å². The van der Waals surface area contributed by atoms with Crippen LogP contribution < -0.4 is 0 Å². The lowest BCUT2D eigenvalue weighted by Crippen LogP contribution is -2.45. The van der Waals surface area contributed by atoms with Crippen LogP contribution in [0.25, 0.3) is 33.4 Å². The van der Waals surface area contributed by atoms with Crippen LogP contribution in [0.4, 0.5) is 0 Å². The third-order valence-electron chi connectivity index (χ3n) is 8.70. The molecule has 0 N–H and O–H groups in total. The van der Waals surface area contributed by atoms with Gasteiger partial charge in [-0.2, -0.15) is 9.61 Å². The molecule has 2 saturated carbocycles. The molecule has 0 spiro atoms. The lowest BCUT2D eigenvalue weighted by Gasteiger charge is -2.55. The van der Waals surface area contributed by atoms with Crippen LogP contribution in [0.3, 0.4) is 0 Å². The molecule has 0 bridgehead atoms. The molecule has 36 heavy (non-hydrogen) atoms.